The lowest BCUT2D eigenvalue weighted by molar-refractivity contribution is 0.0144. The molecule has 114 valence electrons. The molecule has 1 aromatic rings. The van der Waals surface area contributed by atoms with E-state index < -0.39 is 24.7 Å². The Hall–Kier alpha value is -1.14. The second-order valence-corrected chi connectivity index (χ2v) is 4.46. The van der Waals surface area contributed by atoms with Gasteiger partial charge >= 0.3 is 0 Å². The van der Waals surface area contributed by atoms with Crippen molar-refractivity contribution < 1.29 is 22.3 Å². The molecule has 6 heteroatoms. The number of halogens is 4. The van der Waals surface area contributed by atoms with Crippen LogP contribution in [0.4, 0.5) is 17.6 Å². The molecule has 0 fully saturated rings. The van der Waals surface area contributed by atoms with Crippen LogP contribution in [0, 0.1) is 11.6 Å². The number of rotatable bonds is 9. The van der Waals surface area contributed by atoms with Crippen molar-refractivity contribution in [2.24, 2.45) is 0 Å². The van der Waals surface area contributed by atoms with Crippen LogP contribution in [0.1, 0.15) is 18.9 Å². The molecule has 1 unspecified atom stereocenters. The molecular formula is C14H19F4NO. The Balaban J connectivity index is 2.46. The normalized spacial score (nSPS) is 12.9. The van der Waals surface area contributed by atoms with E-state index >= 15 is 0 Å². The number of ether oxygens (including phenoxy) is 1. The summed E-state index contributed by atoms with van der Waals surface area (Å²) < 4.78 is 54.6. The minimum atomic E-state index is -2.47. The Labute approximate surface area is 116 Å². The minimum Gasteiger partial charge on any atom is -0.375 e. The van der Waals surface area contributed by atoms with Gasteiger partial charge in [-0.25, -0.2) is 17.6 Å². The van der Waals surface area contributed by atoms with Crippen molar-refractivity contribution in [1.82, 2.24) is 5.32 Å². The first-order valence-corrected chi connectivity index (χ1v) is 6.56. The summed E-state index contributed by atoms with van der Waals surface area (Å²) in [5, 5.41) is 3.17. The van der Waals surface area contributed by atoms with Crippen LogP contribution < -0.4 is 5.32 Å². The van der Waals surface area contributed by atoms with Gasteiger partial charge in [0.2, 0.25) is 0 Å². The number of likely N-dealkylation sites (N-methyl/N-ethyl adjacent to an activating group) is 1. The quantitative estimate of drug-likeness (QED) is 0.558. The first kappa shape index (κ1) is 16.9. The lowest BCUT2D eigenvalue weighted by Crippen LogP contribution is -2.32. The SMILES string of the molecule is CCNC(CCOCC(F)F)Cc1ccc(F)c(F)c1. The minimum absolute atomic E-state index is 0.0254. The van der Waals surface area contributed by atoms with Gasteiger partial charge in [-0.2, -0.15) is 0 Å². The Bertz CT molecular complexity index is 401. The number of nitrogens with one attached hydrogen (secondary N) is 1. The smallest absolute Gasteiger partial charge is 0.261 e. The van der Waals surface area contributed by atoms with Gasteiger partial charge in [0.15, 0.2) is 11.6 Å². The van der Waals surface area contributed by atoms with E-state index in [0.717, 1.165) is 12.1 Å². The van der Waals surface area contributed by atoms with Gasteiger partial charge in [-0.15, -0.1) is 0 Å². The molecule has 0 aliphatic heterocycles. The molecule has 0 aliphatic rings. The highest BCUT2D eigenvalue weighted by atomic mass is 19.3. The van der Waals surface area contributed by atoms with Crippen molar-refractivity contribution in [2.75, 3.05) is 19.8 Å². The summed E-state index contributed by atoms with van der Waals surface area (Å²) in [6, 6.07) is 3.73. The van der Waals surface area contributed by atoms with Crippen LogP contribution >= 0.6 is 0 Å². The summed E-state index contributed by atoms with van der Waals surface area (Å²) in [7, 11) is 0. The summed E-state index contributed by atoms with van der Waals surface area (Å²) in [4.78, 5) is 0. The third kappa shape index (κ3) is 6.34. The molecule has 0 bridgehead atoms. The zero-order valence-electron chi connectivity index (χ0n) is 11.3. The van der Waals surface area contributed by atoms with Crippen LogP contribution in [0.2, 0.25) is 0 Å². The largest absolute Gasteiger partial charge is 0.375 e. The number of hydrogen-bond donors (Lipinski definition) is 1. The maximum absolute atomic E-state index is 13.1. The van der Waals surface area contributed by atoms with Gasteiger partial charge in [0.25, 0.3) is 6.43 Å². The monoisotopic (exact) mass is 293 g/mol. The molecule has 1 aromatic carbocycles. The molecule has 1 atom stereocenters. The van der Waals surface area contributed by atoms with Crippen molar-refractivity contribution in [3.05, 3.63) is 35.4 Å². The van der Waals surface area contributed by atoms with E-state index in [0.29, 0.717) is 24.9 Å². The lowest BCUT2D eigenvalue weighted by atomic mass is 10.0. The van der Waals surface area contributed by atoms with Crippen LogP contribution in [0.3, 0.4) is 0 Å². The predicted octanol–water partition coefficient (Wildman–Crippen LogP) is 3.16. The van der Waals surface area contributed by atoms with Crippen LogP contribution in [0.25, 0.3) is 0 Å². The number of alkyl halides is 2. The third-order valence-electron chi connectivity index (χ3n) is 2.81. The first-order chi connectivity index (χ1) is 9.52. The molecule has 0 saturated heterocycles. The van der Waals surface area contributed by atoms with Crippen LogP contribution in [-0.4, -0.2) is 32.2 Å². The summed E-state index contributed by atoms with van der Waals surface area (Å²) in [5.74, 6) is -1.76. The Kier molecular flexibility index (Phi) is 7.54. The second-order valence-electron chi connectivity index (χ2n) is 4.46. The summed E-state index contributed by atoms with van der Waals surface area (Å²) >= 11 is 0. The molecule has 1 rings (SSSR count). The Morgan fingerprint density at radius 3 is 2.55 bits per heavy atom. The Morgan fingerprint density at radius 2 is 1.95 bits per heavy atom. The molecule has 2 nitrogen and oxygen atoms in total. The zero-order chi connectivity index (χ0) is 15.0. The van der Waals surface area contributed by atoms with E-state index in [9.17, 15) is 17.6 Å². The average Bonchev–Trinajstić information content (AvgIpc) is 2.39. The van der Waals surface area contributed by atoms with Gasteiger partial charge in [-0.05, 0) is 37.1 Å². The van der Waals surface area contributed by atoms with Crippen molar-refractivity contribution in [3.8, 4) is 0 Å². The molecule has 0 radical (unpaired) electrons. The molecule has 20 heavy (non-hydrogen) atoms. The van der Waals surface area contributed by atoms with Gasteiger partial charge in [0.1, 0.15) is 6.61 Å². The van der Waals surface area contributed by atoms with Gasteiger partial charge in [0.05, 0.1) is 0 Å². The van der Waals surface area contributed by atoms with Crippen LogP contribution in [0.15, 0.2) is 18.2 Å². The average molecular weight is 293 g/mol. The summed E-state index contributed by atoms with van der Waals surface area (Å²) in [6.07, 6.45) is -1.46. The third-order valence-corrected chi connectivity index (χ3v) is 2.81. The van der Waals surface area contributed by atoms with Gasteiger partial charge < -0.3 is 10.1 Å². The summed E-state index contributed by atoms with van der Waals surface area (Å²) in [6.45, 7) is 2.23. The van der Waals surface area contributed by atoms with E-state index in [2.05, 4.69) is 5.32 Å². The van der Waals surface area contributed by atoms with Gasteiger partial charge in [0, 0.05) is 12.6 Å². The van der Waals surface area contributed by atoms with E-state index in [1.165, 1.54) is 6.07 Å². The molecular weight excluding hydrogens is 274 g/mol. The highest BCUT2D eigenvalue weighted by molar-refractivity contribution is 5.18. The fraction of sp³-hybridized carbons (Fsp3) is 0.571. The van der Waals surface area contributed by atoms with Crippen LogP contribution in [0.5, 0.6) is 0 Å². The topological polar surface area (TPSA) is 21.3 Å². The van der Waals surface area contributed by atoms with E-state index in [1.54, 1.807) is 0 Å². The standard InChI is InChI=1S/C14H19F4NO/c1-2-19-11(5-6-20-9-14(17)18)7-10-3-4-12(15)13(16)8-10/h3-4,8,11,14,19H,2,5-7,9H2,1H3. The van der Waals surface area contributed by atoms with Gasteiger partial charge in [-0.1, -0.05) is 13.0 Å². The fourth-order valence-electron chi connectivity index (χ4n) is 1.91. The Morgan fingerprint density at radius 1 is 1.20 bits per heavy atom. The molecule has 0 aromatic heterocycles. The predicted molar refractivity (Wildman–Crippen MR) is 69.0 cm³/mol. The molecule has 0 saturated carbocycles. The first-order valence-electron chi connectivity index (χ1n) is 6.56. The maximum Gasteiger partial charge on any atom is 0.261 e. The highest BCUT2D eigenvalue weighted by Gasteiger charge is 2.11. The molecule has 1 N–H and O–H groups in total. The van der Waals surface area contributed by atoms with Crippen molar-refractivity contribution in [3.63, 3.8) is 0 Å². The summed E-state index contributed by atoms with van der Waals surface area (Å²) in [5.41, 5.74) is 0.656. The maximum atomic E-state index is 13.1. The molecule has 0 heterocycles. The van der Waals surface area contributed by atoms with Crippen LogP contribution in [-0.2, 0) is 11.2 Å². The van der Waals surface area contributed by atoms with E-state index in [4.69, 9.17) is 4.74 Å². The number of hydrogen-bond acceptors (Lipinski definition) is 2. The van der Waals surface area contributed by atoms with Gasteiger partial charge in [-0.3, -0.25) is 0 Å². The van der Waals surface area contributed by atoms with Crippen molar-refractivity contribution >= 4 is 0 Å². The molecule has 0 aliphatic carbocycles. The second kappa shape index (κ2) is 8.92. The molecule has 0 amide bonds. The highest BCUT2D eigenvalue weighted by Crippen LogP contribution is 2.12. The van der Waals surface area contributed by atoms with Crippen molar-refractivity contribution in [1.29, 1.82) is 0 Å². The fourth-order valence-corrected chi connectivity index (χ4v) is 1.91. The van der Waals surface area contributed by atoms with E-state index in [-0.39, 0.29) is 12.6 Å². The number of benzene rings is 1. The van der Waals surface area contributed by atoms with E-state index in [1.807, 2.05) is 6.92 Å². The zero-order valence-corrected chi connectivity index (χ0v) is 11.3. The lowest BCUT2D eigenvalue weighted by Gasteiger charge is -2.18. The van der Waals surface area contributed by atoms with Crippen molar-refractivity contribution in [2.45, 2.75) is 32.2 Å². The molecule has 0 spiro atoms.